The minimum Gasteiger partial charge on any atom is -0.335 e. The summed E-state index contributed by atoms with van der Waals surface area (Å²) in [5, 5.41) is 0. The Balaban J connectivity index is 3.30. The first kappa shape index (κ1) is 7.91. The highest BCUT2D eigenvalue weighted by atomic mass is 16.2. The van der Waals surface area contributed by atoms with Crippen LogP contribution in [0.25, 0.3) is 0 Å². The van der Waals surface area contributed by atoms with Crippen LogP contribution < -0.4 is 11.5 Å². The summed E-state index contributed by atoms with van der Waals surface area (Å²) in [6.45, 7) is 4.05. The second-order valence-corrected chi connectivity index (χ2v) is 2.96. The molecule has 0 atom stereocenters. The van der Waals surface area contributed by atoms with Gasteiger partial charge in [0, 0.05) is 12.7 Å². The van der Waals surface area contributed by atoms with Crippen LogP contribution in [0.3, 0.4) is 0 Å². The van der Waals surface area contributed by atoms with Crippen molar-refractivity contribution in [3.63, 3.8) is 0 Å². The minimum absolute atomic E-state index is 0.172. The highest BCUT2D eigenvalue weighted by Gasteiger charge is 2.08. The molecule has 0 saturated carbocycles. The molecule has 4 nitrogen and oxygen atoms in total. The van der Waals surface area contributed by atoms with Crippen LogP contribution in [0.2, 0.25) is 0 Å². The van der Waals surface area contributed by atoms with E-state index in [1.165, 1.54) is 0 Å². The number of hydrogen-bond donors (Lipinski definition) is 1. The first-order valence-corrected chi connectivity index (χ1v) is 3.57. The van der Waals surface area contributed by atoms with Crippen molar-refractivity contribution in [1.82, 2.24) is 9.24 Å². The molecule has 0 amide bonds. The Kier molecular flexibility index (Phi) is 1.76. The Morgan fingerprint density at radius 3 is 2.27 bits per heavy atom. The van der Waals surface area contributed by atoms with E-state index in [0.717, 1.165) is 10.4 Å². The summed E-state index contributed by atoms with van der Waals surface area (Å²) in [7, 11) is 1.72. The van der Waals surface area contributed by atoms with Gasteiger partial charge in [-0.3, -0.25) is 4.57 Å². The van der Waals surface area contributed by atoms with Gasteiger partial charge in [-0.15, -0.1) is 0 Å². The molecule has 0 saturated heterocycles. The molecule has 1 aromatic heterocycles. The Morgan fingerprint density at radius 1 is 1.55 bits per heavy atom. The van der Waals surface area contributed by atoms with E-state index in [1.54, 1.807) is 17.8 Å². The van der Waals surface area contributed by atoms with Crippen LogP contribution in [0.15, 0.2) is 11.0 Å². The maximum atomic E-state index is 11.1. The quantitative estimate of drug-likeness (QED) is 0.581. The zero-order chi connectivity index (χ0) is 8.59. The lowest BCUT2D eigenvalue weighted by Crippen LogP contribution is -2.27. The van der Waals surface area contributed by atoms with Crippen LogP contribution in [0.5, 0.6) is 0 Å². The van der Waals surface area contributed by atoms with Crippen molar-refractivity contribution in [2.24, 2.45) is 7.05 Å². The molecule has 4 heteroatoms. The van der Waals surface area contributed by atoms with Gasteiger partial charge in [-0.25, -0.2) is 9.47 Å². The predicted molar refractivity (Wildman–Crippen MR) is 43.9 cm³/mol. The van der Waals surface area contributed by atoms with E-state index in [0.29, 0.717) is 5.92 Å². The third-order valence-corrected chi connectivity index (χ3v) is 1.76. The van der Waals surface area contributed by atoms with Crippen LogP contribution >= 0.6 is 0 Å². The number of nitrogens with zero attached hydrogens (tertiary/aromatic N) is 2. The zero-order valence-electron chi connectivity index (χ0n) is 7.03. The number of nitrogens with two attached hydrogens (primary N) is 1. The number of rotatable bonds is 1. The maximum Gasteiger partial charge on any atom is 0.346 e. The number of hydrogen-bond acceptors (Lipinski definition) is 2. The molecule has 0 bridgehead atoms. The van der Waals surface area contributed by atoms with Crippen LogP contribution in [0.1, 0.15) is 25.5 Å². The zero-order valence-corrected chi connectivity index (χ0v) is 7.03. The minimum atomic E-state index is -0.172. The molecule has 0 fully saturated rings. The van der Waals surface area contributed by atoms with Crippen molar-refractivity contribution in [1.29, 1.82) is 0 Å². The smallest absolute Gasteiger partial charge is 0.335 e. The Bertz CT molecular complexity index is 308. The molecule has 0 unspecified atom stereocenters. The lowest BCUT2D eigenvalue weighted by Gasteiger charge is -2.02. The highest BCUT2D eigenvalue weighted by molar-refractivity contribution is 5.04. The molecule has 0 aliphatic rings. The summed E-state index contributed by atoms with van der Waals surface area (Å²) >= 11 is 0. The molecule has 62 valence electrons. The van der Waals surface area contributed by atoms with Crippen molar-refractivity contribution < 1.29 is 0 Å². The lowest BCUT2D eigenvalue weighted by atomic mass is 10.1. The van der Waals surface area contributed by atoms with E-state index < -0.39 is 0 Å². The molecule has 1 aromatic rings. The third kappa shape index (κ3) is 1.15. The van der Waals surface area contributed by atoms with Gasteiger partial charge in [-0.1, -0.05) is 13.8 Å². The van der Waals surface area contributed by atoms with E-state index in [9.17, 15) is 4.79 Å². The molecule has 1 rings (SSSR count). The molecule has 0 aliphatic heterocycles. The largest absolute Gasteiger partial charge is 0.346 e. The molecular formula is C7H13N3O. The van der Waals surface area contributed by atoms with E-state index in [4.69, 9.17) is 5.84 Å². The van der Waals surface area contributed by atoms with Crippen molar-refractivity contribution in [3.05, 3.63) is 22.4 Å². The average molecular weight is 155 g/mol. The number of imidazole rings is 1. The van der Waals surface area contributed by atoms with Gasteiger partial charge in [0.15, 0.2) is 0 Å². The van der Waals surface area contributed by atoms with Crippen LogP contribution in [0.4, 0.5) is 0 Å². The van der Waals surface area contributed by atoms with Gasteiger partial charge in [-0.05, 0) is 5.92 Å². The van der Waals surface area contributed by atoms with E-state index in [-0.39, 0.29) is 5.69 Å². The first-order valence-electron chi connectivity index (χ1n) is 3.57. The standard InChI is InChI=1S/C7H13N3O/c1-5(2)6-4-10(8)7(11)9(6)3/h4-5H,8H2,1-3H3. The normalized spacial score (nSPS) is 10.9. The highest BCUT2D eigenvalue weighted by Crippen LogP contribution is 2.09. The van der Waals surface area contributed by atoms with E-state index >= 15 is 0 Å². The average Bonchev–Trinajstić information content (AvgIpc) is 2.17. The third-order valence-electron chi connectivity index (χ3n) is 1.76. The van der Waals surface area contributed by atoms with Gasteiger partial charge in [0.1, 0.15) is 0 Å². The van der Waals surface area contributed by atoms with Gasteiger partial charge >= 0.3 is 5.69 Å². The lowest BCUT2D eigenvalue weighted by molar-refractivity contribution is 0.717. The summed E-state index contributed by atoms with van der Waals surface area (Å²) in [6.07, 6.45) is 1.66. The van der Waals surface area contributed by atoms with Crippen molar-refractivity contribution >= 4 is 0 Å². The molecule has 11 heavy (non-hydrogen) atoms. The first-order chi connectivity index (χ1) is 5.04. The summed E-state index contributed by atoms with van der Waals surface area (Å²) < 4.78 is 2.67. The van der Waals surface area contributed by atoms with Gasteiger partial charge < -0.3 is 5.84 Å². The molecule has 1 heterocycles. The fourth-order valence-corrected chi connectivity index (χ4v) is 1.10. The monoisotopic (exact) mass is 155 g/mol. The summed E-state index contributed by atoms with van der Waals surface area (Å²) in [5.41, 5.74) is 0.784. The van der Waals surface area contributed by atoms with Gasteiger partial charge in [0.05, 0.1) is 6.20 Å². The summed E-state index contributed by atoms with van der Waals surface area (Å²) in [4.78, 5) is 11.1. The molecular weight excluding hydrogens is 142 g/mol. The second-order valence-electron chi connectivity index (χ2n) is 2.96. The van der Waals surface area contributed by atoms with Crippen LogP contribution in [-0.4, -0.2) is 9.24 Å². The Labute approximate surface area is 65.2 Å². The van der Waals surface area contributed by atoms with E-state index in [1.807, 2.05) is 13.8 Å². The number of aromatic nitrogens is 2. The van der Waals surface area contributed by atoms with Crippen LogP contribution in [-0.2, 0) is 7.05 Å². The van der Waals surface area contributed by atoms with Crippen molar-refractivity contribution in [2.75, 3.05) is 5.84 Å². The second kappa shape index (κ2) is 2.45. The summed E-state index contributed by atoms with van der Waals surface area (Å²) in [6, 6.07) is 0. The fraction of sp³-hybridized carbons (Fsp3) is 0.571. The molecule has 0 aliphatic carbocycles. The maximum absolute atomic E-state index is 11.1. The molecule has 0 aromatic carbocycles. The Hall–Kier alpha value is -1.19. The van der Waals surface area contributed by atoms with Crippen molar-refractivity contribution in [2.45, 2.75) is 19.8 Å². The molecule has 0 spiro atoms. The topological polar surface area (TPSA) is 52.9 Å². The Morgan fingerprint density at radius 2 is 2.09 bits per heavy atom. The van der Waals surface area contributed by atoms with E-state index in [2.05, 4.69) is 0 Å². The van der Waals surface area contributed by atoms with Crippen LogP contribution in [0, 0.1) is 0 Å². The molecule has 2 N–H and O–H groups in total. The van der Waals surface area contributed by atoms with Gasteiger partial charge in [0.25, 0.3) is 0 Å². The summed E-state index contributed by atoms with van der Waals surface area (Å²) in [5.74, 6) is 5.69. The SMILES string of the molecule is CC(C)c1cn(N)c(=O)n1C. The van der Waals surface area contributed by atoms with Gasteiger partial charge in [0.2, 0.25) is 0 Å². The number of nitrogen functional groups attached to an aromatic ring is 1. The van der Waals surface area contributed by atoms with Crippen molar-refractivity contribution in [3.8, 4) is 0 Å². The van der Waals surface area contributed by atoms with Gasteiger partial charge in [-0.2, -0.15) is 0 Å². The fourth-order valence-electron chi connectivity index (χ4n) is 1.10. The predicted octanol–water partition coefficient (Wildman–Crippen LogP) is 0.0240. The molecule has 0 radical (unpaired) electrons.